The summed E-state index contributed by atoms with van der Waals surface area (Å²) in [7, 11) is 1.45. The number of benzene rings is 1. The number of pyridine rings is 1. The third kappa shape index (κ3) is 4.61. The number of aromatic amines is 1. The van der Waals surface area contributed by atoms with E-state index in [-0.39, 0.29) is 11.7 Å². The predicted octanol–water partition coefficient (Wildman–Crippen LogP) is 5.23. The molecule has 3 aromatic heterocycles. The molecule has 2 N–H and O–H groups in total. The van der Waals surface area contributed by atoms with Crippen LogP contribution in [0.1, 0.15) is 31.5 Å². The minimum Gasteiger partial charge on any atom is -0.467 e. The summed E-state index contributed by atoms with van der Waals surface area (Å²) >= 11 is 0. The topological polar surface area (TPSA) is 83.9 Å². The van der Waals surface area contributed by atoms with Crippen molar-refractivity contribution in [3.63, 3.8) is 0 Å². The van der Waals surface area contributed by atoms with Crippen LogP contribution in [0.5, 0.6) is 6.01 Å². The van der Waals surface area contributed by atoms with Crippen molar-refractivity contribution in [3.05, 3.63) is 72.4 Å². The van der Waals surface area contributed by atoms with Crippen LogP contribution in [0.25, 0.3) is 22.0 Å². The van der Waals surface area contributed by atoms with Crippen molar-refractivity contribution in [1.82, 2.24) is 19.9 Å². The Hall–Kier alpha value is -3.46. The van der Waals surface area contributed by atoms with Crippen LogP contribution in [-0.2, 0) is 11.8 Å². The normalized spacial score (nSPS) is 14.2. The molecule has 178 valence electrons. The van der Waals surface area contributed by atoms with Gasteiger partial charge < -0.3 is 14.8 Å². The van der Waals surface area contributed by atoms with E-state index in [2.05, 4.69) is 19.9 Å². The first-order valence-corrected chi connectivity index (χ1v) is 10.7. The van der Waals surface area contributed by atoms with Crippen LogP contribution in [0, 0.1) is 0 Å². The number of alkyl halides is 3. The summed E-state index contributed by atoms with van der Waals surface area (Å²) in [6.45, 7) is 3.39. The second-order valence-corrected chi connectivity index (χ2v) is 9.03. The molecule has 9 heteroatoms. The molecule has 34 heavy (non-hydrogen) atoms. The van der Waals surface area contributed by atoms with E-state index in [1.165, 1.54) is 7.11 Å². The SMILES string of the molecule is COc1ncc(-c2ccccc2C(C)(C)CC(O)(Cc2cc3ccncc3[nH]2)C(F)(F)F)cn1. The molecular formula is C25H25F3N4O2. The highest BCUT2D eigenvalue weighted by Gasteiger charge is 2.56. The van der Waals surface area contributed by atoms with Crippen LogP contribution >= 0.6 is 0 Å². The summed E-state index contributed by atoms with van der Waals surface area (Å²) in [5, 5.41) is 11.8. The van der Waals surface area contributed by atoms with Gasteiger partial charge >= 0.3 is 12.2 Å². The van der Waals surface area contributed by atoms with Crippen molar-refractivity contribution < 1.29 is 23.0 Å². The summed E-state index contributed by atoms with van der Waals surface area (Å²) < 4.78 is 47.9. The van der Waals surface area contributed by atoms with E-state index in [1.54, 1.807) is 75.0 Å². The predicted molar refractivity (Wildman–Crippen MR) is 122 cm³/mol. The molecular weight excluding hydrogens is 445 g/mol. The third-order valence-corrected chi connectivity index (χ3v) is 6.00. The fraction of sp³-hybridized carbons (Fsp3) is 0.320. The second kappa shape index (κ2) is 8.72. The molecule has 0 aliphatic carbocycles. The van der Waals surface area contributed by atoms with Crippen molar-refractivity contribution in [3.8, 4) is 17.1 Å². The van der Waals surface area contributed by atoms with Crippen LogP contribution in [0.4, 0.5) is 13.2 Å². The van der Waals surface area contributed by atoms with Gasteiger partial charge in [0.2, 0.25) is 0 Å². The number of aromatic nitrogens is 4. The van der Waals surface area contributed by atoms with Crippen molar-refractivity contribution in [2.45, 2.75) is 43.9 Å². The second-order valence-electron chi connectivity index (χ2n) is 9.03. The Labute approximate surface area is 194 Å². The average molecular weight is 470 g/mol. The van der Waals surface area contributed by atoms with Gasteiger partial charge in [-0.2, -0.15) is 13.2 Å². The van der Waals surface area contributed by atoms with Gasteiger partial charge in [0.1, 0.15) is 0 Å². The van der Waals surface area contributed by atoms with Gasteiger partial charge in [0.15, 0.2) is 5.60 Å². The van der Waals surface area contributed by atoms with E-state index in [4.69, 9.17) is 4.74 Å². The number of methoxy groups -OCH3 is 1. The lowest BCUT2D eigenvalue weighted by Crippen LogP contribution is -2.51. The molecule has 4 aromatic rings. The summed E-state index contributed by atoms with van der Waals surface area (Å²) in [5.41, 5.74) is -1.13. The number of nitrogens with zero attached hydrogens (tertiary/aromatic N) is 3. The Morgan fingerprint density at radius 1 is 1.03 bits per heavy atom. The Balaban J connectivity index is 1.70. The maximum absolute atomic E-state index is 14.3. The fourth-order valence-corrected chi connectivity index (χ4v) is 4.42. The monoisotopic (exact) mass is 470 g/mol. The number of hydrogen-bond donors (Lipinski definition) is 2. The molecule has 0 radical (unpaired) electrons. The summed E-state index contributed by atoms with van der Waals surface area (Å²) in [6, 6.07) is 10.7. The van der Waals surface area contributed by atoms with Gasteiger partial charge in [-0.25, -0.2) is 9.97 Å². The van der Waals surface area contributed by atoms with Crippen molar-refractivity contribution in [2.24, 2.45) is 0 Å². The number of rotatable bonds is 7. The quantitative estimate of drug-likeness (QED) is 0.386. The minimum atomic E-state index is -4.85. The Morgan fingerprint density at radius 2 is 1.74 bits per heavy atom. The van der Waals surface area contributed by atoms with Gasteiger partial charge in [-0.15, -0.1) is 0 Å². The maximum atomic E-state index is 14.3. The number of hydrogen-bond acceptors (Lipinski definition) is 5. The molecule has 0 aliphatic heterocycles. The average Bonchev–Trinajstić information content (AvgIpc) is 3.20. The largest absolute Gasteiger partial charge is 0.467 e. The van der Waals surface area contributed by atoms with Gasteiger partial charge in [0.25, 0.3) is 0 Å². The number of H-pyrrole nitrogens is 1. The van der Waals surface area contributed by atoms with E-state index in [0.29, 0.717) is 22.2 Å². The van der Waals surface area contributed by atoms with E-state index in [1.807, 2.05) is 0 Å². The maximum Gasteiger partial charge on any atom is 0.417 e. The molecule has 1 atom stereocenters. The Kier molecular flexibility index (Phi) is 6.07. The number of halogens is 3. The van der Waals surface area contributed by atoms with Gasteiger partial charge in [-0.1, -0.05) is 38.1 Å². The summed E-state index contributed by atoms with van der Waals surface area (Å²) in [4.78, 5) is 15.2. The lowest BCUT2D eigenvalue weighted by atomic mass is 9.71. The van der Waals surface area contributed by atoms with Gasteiger partial charge in [0, 0.05) is 41.7 Å². The molecule has 1 aromatic carbocycles. The van der Waals surface area contributed by atoms with Gasteiger partial charge in [-0.3, -0.25) is 4.98 Å². The van der Waals surface area contributed by atoms with E-state index >= 15 is 0 Å². The number of aliphatic hydroxyl groups is 1. The molecule has 3 heterocycles. The first-order chi connectivity index (χ1) is 16.0. The van der Waals surface area contributed by atoms with Crippen molar-refractivity contribution >= 4 is 10.9 Å². The smallest absolute Gasteiger partial charge is 0.417 e. The third-order valence-electron chi connectivity index (χ3n) is 6.00. The highest BCUT2D eigenvalue weighted by molar-refractivity contribution is 5.79. The Morgan fingerprint density at radius 3 is 2.38 bits per heavy atom. The minimum absolute atomic E-state index is 0.195. The number of nitrogens with one attached hydrogen (secondary N) is 1. The molecule has 4 rings (SSSR count). The zero-order valence-corrected chi connectivity index (χ0v) is 19.0. The molecule has 1 unspecified atom stereocenters. The molecule has 0 bridgehead atoms. The molecule has 0 saturated carbocycles. The van der Waals surface area contributed by atoms with E-state index in [0.717, 1.165) is 5.39 Å². The molecule has 0 saturated heterocycles. The lowest BCUT2D eigenvalue weighted by Gasteiger charge is -2.38. The summed E-state index contributed by atoms with van der Waals surface area (Å²) in [5.74, 6) is 0. The van der Waals surface area contributed by atoms with E-state index < -0.39 is 30.0 Å². The molecule has 0 spiro atoms. The standard InChI is InChI=1S/C25H25F3N4O2/c1-23(2,20-7-5-4-6-19(20)17-12-30-22(34-3)31-13-17)15-24(33,25(26,27)28)11-18-10-16-8-9-29-14-21(16)32-18/h4-10,12-14,32-33H,11,15H2,1-3H3. The zero-order valence-electron chi connectivity index (χ0n) is 19.0. The molecule has 0 aliphatic rings. The van der Waals surface area contributed by atoms with Crippen LogP contribution in [0.15, 0.2) is 61.2 Å². The van der Waals surface area contributed by atoms with Gasteiger partial charge in [0.05, 0.1) is 18.8 Å². The Bertz CT molecular complexity index is 1250. The molecule has 6 nitrogen and oxygen atoms in total. The summed E-state index contributed by atoms with van der Waals surface area (Å²) in [6.07, 6.45) is 0.234. The first-order valence-electron chi connectivity index (χ1n) is 10.7. The highest BCUT2D eigenvalue weighted by atomic mass is 19.4. The zero-order chi connectivity index (χ0) is 24.6. The van der Waals surface area contributed by atoms with Crippen molar-refractivity contribution in [2.75, 3.05) is 7.11 Å². The van der Waals surface area contributed by atoms with Crippen molar-refractivity contribution in [1.29, 1.82) is 0 Å². The number of ether oxygens (including phenoxy) is 1. The van der Waals surface area contributed by atoms with Crippen LogP contribution in [0.3, 0.4) is 0 Å². The highest BCUT2D eigenvalue weighted by Crippen LogP contribution is 2.45. The number of fused-ring (bicyclic) bond motifs is 1. The lowest BCUT2D eigenvalue weighted by molar-refractivity contribution is -0.266. The van der Waals surface area contributed by atoms with Crippen LogP contribution in [0.2, 0.25) is 0 Å². The molecule has 0 amide bonds. The van der Waals surface area contributed by atoms with Crippen LogP contribution in [-0.4, -0.2) is 43.9 Å². The van der Waals surface area contributed by atoms with E-state index in [9.17, 15) is 18.3 Å². The van der Waals surface area contributed by atoms with Gasteiger partial charge in [-0.05, 0) is 35.1 Å². The molecule has 0 fully saturated rings. The van der Waals surface area contributed by atoms with Crippen LogP contribution < -0.4 is 4.74 Å². The first kappa shape index (κ1) is 23.7. The fourth-order valence-electron chi connectivity index (χ4n) is 4.42.